The summed E-state index contributed by atoms with van der Waals surface area (Å²) in [7, 11) is 3.07. The molecule has 0 saturated carbocycles. The van der Waals surface area contributed by atoms with Crippen molar-refractivity contribution in [3.8, 4) is 5.75 Å². The third kappa shape index (κ3) is 2.99. The molecule has 1 aliphatic carbocycles. The van der Waals surface area contributed by atoms with Gasteiger partial charge in [-0.1, -0.05) is 24.3 Å². The van der Waals surface area contributed by atoms with E-state index >= 15 is 0 Å². The van der Waals surface area contributed by atoms with Crippen LogP contribution in [0.5, 0.6) is 5.75 Å². The Hall–Kier alpha value is -1.72. The first-order chi connectivity index (χ1) is 10.3. The predicted molar refractivity (Wildman–Crippen MR) is 89.6 cm³/mol. The van der Waals surface area contributed by atoms with Gasteiger partial charge in [-0.05, 0) is 52.8 Å². The lowest BCUT2D eigenvalue weighted by Crippen LogP contribution is -2.01. The molecule has 0 aromatic heterocycles. The van der Waals surface area contributed by atoms with Crippen molar-refractivity contribution >= 4 is 32.4 Å². The average Bonchev–Trinajstić information content (AvgIpc) is 2.98. The average molecular weight is 315 g/mol. The van der Waals surface area contributed by atoms with Gasteiger partial charge in [0.25, 0.3) is 0 Å². The Kier molecular flexibility index (Phi) is 4.31. The third-order valence-corrected chi connectivity index (χ3v) is 5.16. The first kappa shape index (κ1) is 14.2. The van der Waals surface area contributed by atoms with Gasteiger partial charge in [-0.3, -0.25) is 4.79 Å². The molecule has 0 N–H and O–H groups in total. The highest BCUT2D eigenvalue weighted by molar-refractivity contribution is 8.84. The number of nitrogens with zero attached hydrogens (tertiary/aromatic N) is 1. The summed E-state index contributed by atoms with van der Waals surface area (Å²) in [4.78, 5) is 16.5. The van der Waals surface area contributed by atoms with E-state index in [1.165, 1.54) is 10.8 Å². The van der Waals surface area contributed by atoms with Crippen LogP contribution in [0.15, 0.2) is 64.2 Å². The van der Waals surface area contributed by atoms with E-state index in [0.717, 1.165) is 21.4 Å². The molecule has 1 heterocycles. The maximum atomic E-state index is 11.9. The second-order valence-electron chi connectivity index (χ2n) is 4.31. The molecule has 1 aromatic carbocycles. The molecule has 1 aromatic rings. The van der Waals surface area contributed by atoms with Crippen molar-refractivity contribution in [2.45, 2.75) is 6.92 Å². The number of para-hydroxylation sites is 1. The Morgan fingerprint density at radius 1 is 1.14 bits per heavy atom. The molecule has 0 radical (unpaired) electrons. The first-order valence-electron chi connectivity index (χ1n) is 6.58. The van der Waals surface area contributed by atoms with Crippen molar-refractivity contribution in [1.82, 2.24) is 0 Å². The molecule has 0 unspecified atom stereocenters. The van der Waals surface area contributed by atoms with Crippen LogP contribution in [0.4, 0.5) is 0 Å². The number of hydrogen-bond acceptors (Lipinski definition) is 5. The van der Waals surface area contributed by atoms with Crippen LogP contribution in [0.25, 0.3) is 0 Å². The molecule has 0 saturated heterocycles. The lowest BCUT2D eigenvalue weighted by atomic mass is 10.1. The van der Waals surface area contributed by atoms with Crippen molar-refractivity contribution < 1.29 is 9.53 Å². The lowest BCUT2D eigenvalue weighted by Gasteiger charge is -2.08. The van der Waals surface area contributed by atoms with Gasteiger partial charge < -0.3 is 4.74 Å². The Labute approximate surface area is 131 Å². The standard InChI is InChI=1S/C16H13NO2S2/c1-2-19-14-10-6-4-8-12(14)16-17-15(20-21-16)11-7-3-5-9-13(11)18/h3-10H,2H2,1H3/b15-11-. The van der Waals surface area contributed by atoms with Gasteiger partial charge in [0, 0.05) is 5.56 Å². The van der Waals surface area contributed by atoms with E-state index < -0.39 is 0 Å². The second kappa shape index (κ2) is 6.37. The number of aliphatic imine (C=N–C) groups is 1. The summed E-state index contributed by atoms with van der Waals surface area (Å²) in [5.74, 6) is 0.826. The molecule has 3 rings (SSSR count). The minimum absolute atomic E-state index is 0.00342. The molecular formula is C16H13NO2S2. The summed E-state index contributed by atoms with van der Waals surface area (Å²) in [5, 5.41) is 1.63. The van der Waals surface area contributed by atoms with Crippen molar-refractivity contribution in [1.29, 1.82) is 0 Å². The normalized spacial score (nSPS) is 20.8. The number of carbonyl (C=O) groups is 1. The fourth-order valence-electron chi connectivity index (χ4n) is 1.99. The minimum Gasteiger partial charge on any atom is -0.493 e. The largest absolute Gasteiger partial charge is 0.493 e. The molecule has 0 fully saturated rings. The van der Waals surface area contributed by atoms with Crippen LogP contribution in [0, 0.1) is 0 Å². The maximum Gasteiger partial charge on any atom is 0.188 e. The predicted octanol–water partition coefficient (Wildman–Crippen LogP) is 4.13. The zero-order chi connectivity index (χ0) is 14.7. The van der Waals surface area contributed by atoms with Crippen LogP contribution >= 0.6 is 21.6 Å². The molecule has 106 valence electrons. The van der Waals surface area contributed by atoms with E-state index in [9.17, 15) is 4.79 Å². The summed E-state index contributed by atoms with van der Waals surface area (Å²) in [6, 6.07) is 7.83. The molecule has 5 heteroatoms. The molecule has 0 atom stereocenters. The van der Waals surface area contributed by atoms with Gasteiger partial charge in [0.2, 0.25) is 0 Å². The summed E-state index contributed by atoms with van der Waals surface area (Å²) >= 11 is 0. The van der Waals surface area contributed by atoms with Gasteiger partial charge in [0.05, 0.1) is 12.2 Å². The number of carbonyl (C=O) groups excluding carboxylic acids is 1. The highest BCUT2D eigenvalue weighted by Gasteiger charge is 2.23. The summed E-state index contributed by atoms with van der Waals surface area (Å²) in [6.45, 7) is 2.57. The quantitative estimate of drug-likeness (QED) is 0.621. The van der Waals surface area contributed by atoms with E-state index in [1.54, 1.807) is 22.9 Å². The fraction of sp³-hybridized carbons (Fsp3) is 0.125. The number of ketones is 1. The van der Waals surface area contributed by atoms with Gasteiger partial charge in [0.1, 0.15) is 15.8 Å². The fourth-order valence-corrected chi connectivity index (χ4v) is 4.21. The summed E-state index contributed by atoms with van der Waals surface area (Å²) < 4.78 is 5.64. The van der Waals surface area contributed by atoms with Gasteiger partial charge in [-0.15, -0.1) is 0 Å². The van der Waals surface area contributed by atoms with Crippen LogP contribution < -0.4 is 4.74 Å². The van der Waals surface area contributed by atoms with Gasteiger partial charge >= 0.3 is 0 Å². The van der Waals surface area contributed by atoms with Crippen LogP contribution in [0.3, 0.4) is 0 Å². The van der Waals surface area contributed by atoms with E-state index in [2.05, 4.69) is 4.99 Å². The maximum absolute atomic E-state index is 11.9. The number of rotatable bonds is 3. The zero-order valence-corrected chi connectivity index (χ0v) is 13.0. The van der Waals surface area contributed by atoms with Crippen molar-refractivity contribution in [3.05, 3.63) is 64.7 Å². The number of ether oxygens (including phenoxy) is 1. The molecule has 0 spiro atoms. The molecule has 21 heavy (non-hydrogen) atoms. The van der Waals surface area contributed by atoms with Crippen molar-refractivity contribution in [2.24, 2.45) is 4.99 Å². The molecule has 0 amide bonds. The smallest absolute Gasteiger partial charge is 0.188 e. The molecule has 3 nitrogen and oxygen atoms in total. The Morgan fingerprint density at radius 2 is 1.95 bits per heavy atom. The Bertz CT molecular complexity index is 702. The van der Waals surface area contributed by atoms with Crippen LogP contribution in [0.2, 0.25) is 0 Å². The number of benzene rings is 1. The van der Waals surface area contributed by atoms with Crippen LogP contribution in [0.1, 0.15) is 12.5 Å². The van der Waals surface area contributed by atoms with Gasteiger partial charge in [-0.25, -0.2) is 4.99 Å². The molecule has 2 aliphatic rings. The molecule has 0 bridgehead atoms. The third-order valence-electron chi connectivity index (χ3n) is 2.94. The molecule has 1 aliphatic heterocycles. The zero-order valence-electron chi connectivity index (χ0n) is 11.4. The number of allylic oxidation sites excluding steroid dienone is 5. The van der Waals surface area contributed by atoms with E-state index in [4.69, 9.17) is 4.74 Å². The van der Waals surface area contributed by atoms with Crippen molar-refractivity contribution in [2.75, 3.05) is 6.61 Å². The topological polar surface area (TPSA) is 38.7 Å². The summed E-state index contributed by atoms with van der Waals surface area (Å²) in [5.41, 5.74) is 1.62. The molecular weight excluding hydrogens is 302 g/mol. The Morgan fingerprint density at radius 3 is 2.76 bits per heavy atom. The highest BCUT2D eigenvalue weighted by Crippen LogP contribution is 2.45. The number of hydrogen-bond donors (Lipinski definition) is 0. The van der Waals surface area contributed by atoms with Crippen LogP contribution in [-0.4, -0.2) is 17.4 Å². The van der Waals surface area contributed by atoms with Crippen molar-refractivity contribution in [3.63, 3.8) is 0 Å². The van der Waals surface area contributed by atoms with E-state index in [0.29, 0.717) is 12.2 Å². The van der Waals surface area contributed by atoms with Crippen LogP contribution in [-0.2, 0) is 4.79 Å². The first-order valence-corrected chi connectivity index (χ1v) is 8.73. The van der Waals surface area contributed by atoms with E-state index in [1.807, 2.05) is 43.3 Å². The second-order valence-corrected chi connectivity index (χ2v) is 6.42. The SMILES string of the molecule is CCOc1ccccc1C1=N/C(=C2\C=CC=CC2=O)SS1. The lowest BCUT2D eigenvalue weighted by molar-refractivity contribution is -0.111. The highest BCUT2D eigenvalue weighted by atomic mass is 33.1. The van der Waals surface area contributed by atoms with Gasteiger partial charge in [-0.2, -0.15) is 0 Å². The van der Waals surface area contributed by atoms with E-state index in [-0.39, 0.29) is 5.78 Å². The van der Waals surface area contributed by atoms with Gasteiger partial charge in [0.15, 0.2) is 5.78 Å². The Balaban J connectivity index is 1.97. The summed E-state index contributed by atoms with van der Waals surface area (Å²) in [6.07, 6.45) is 6.98. The minimum atomic E-state index is 0.00342. The monoisotopic (exact) mass is 315 g/mol.